The molecule has 1 amide bonds. The molecule has 5 heteroatoms. The minimum absolute atomic E-state index is 0.0554. The van der Waals surface area contributed by atoms with E-state index in [0.29, 0.717) is 6.54 Å². The molecule has 22 heavy (non-hydrogen) atoms. The summed E-state index contributed by atoms with van der Waals surface area (Å²) >= 11 is 0. The Morgan fingerprint density at radius 3 is 2.27 bits per heavy atom. The monoisotopic (exact) mass is 317 g/mol. The first-order chi connectivity index (χ1) is 10.4. The van der Waals surface area contributed by atoms with Gasteiger partial charge in [-0.2, -0.15) is 0 Å². The van der Waals surface area contributed by atoms with E-state index in [0.717, 1.165) is 11.8 Å². The van der Waals surface area contributed by atoms with Crippen molar-refractivity contribution >= 4 is 15.7 Å². The summed E-state index contributed by atoms with van der Waals surface area (Å²) < 4.78 is 23.5. The number of sulfone groups is 1. The lowest BCUT2D eigenvalue weighted by Crippen LogP contribution is -2.28. The zero-order valence-electron chi connectivity index (χ0n) is 12.6. The minimum atomic E-state index is -3.43. The number of hydrogen-bond acceptors (Lipinski definition) is 3. The van der Waals surface area contributed by atoms with Gasteiger partial charge in [-0.3, -0.25) is 4.79 Å². The Morgan fingerprint density at radius 2 is 1.64 bits per heavy atom. The van der Waals surface area contributed by atoms with Gasteiger partial charge in [-0.25, -0.2) is 8.42 Å². The Bertz CT molecular complexity index is 754. The van der Waals surface area contributed by atoms with Crippen LogP contribution in [0.5, 0.6) is 0 Å². The molecule has 2 aromatic carbocycles. The summed E-state index contributed by atoms with van der Waals surface area (Å²) in [6.45, 7) is 2.46. The number of carbonyl (C=O) groups excluding carboxylic acids is 1. The van der Waals surface area contributed by atoms with Gasteiger partial charge in [0.25, 0.3) is 5.91 Å². The molecule has 2 aromatic rings. The SMILES string of the molecule is C[C@@H](CNC(=O)c1ccccc1S(C)(=O)=O)c1ccccc1. The summed E-state index contributed by atoms with van der Waals surface area (Å²) in [5, 5.41) is 2.81. The van der Waals surface area contributed by atoms with E-state index in [2.05, 4.69) is 5.32 Å². The van der Waals surface area contributed by atoms with Gasteiger partial charge in [-0.05, 0) is 23.6 Å². The molecule has 0 aliphatic heterocycles. The largest absolute Gasteiger partial charge is 0.351 e. The Kier molecular flexibility index (Phi) is 4.98. The van der Waals surface area contributed by atoms with E-state index in [1.807, 2.05) is 37.3 Å². The molecule has 0 spiro atoms. The fourth-order valence-electron chi connectivity index (χ4n) is 2.22. The first-order valence-corrected chi connectivity index (χ1v) is 8.91. The molecule has 0 bridgehead atoms. The van der Waals surface area contributed by atoms with E-state index >= 15 is 0 Å². The van der Waals surface area contributed by atoms with E-state index < -0.39 is 9.84 Å². The van der Waals surface area contributed by atoms with Gasteiger partial charge in [0.15, 0.2) is 9.84 Å². The molecule has 1 N–H and O–H groups in total. The highest BCUT2D eigenvalue weighted by molar-refractivity contribution is 7.90. The van der Waals surface area contributed by atoms with Crippen LogP contribution in [0.3, 0.4) is 0 Å². The van der Waals surface area contributed by atoms with Crippen LogP contribution in [0.25, 0.3) is 0 Å². The molecule has 0 unspecified atom stereocenters. The molecule has 0 heterocycles. The molecule has 0 aliphatic carbocycles. The lowest BCUT2D eigenvalue weighted by Gasteiger charge is -2.14. The van der Waals surface area contributed by atoms with Crippen molar-refractivity contribution in [1.82, 2.24) is 5.32 Å². The third kappa shape index (κ3) is 3.95. The molecule has 1 atom stereocenters. The second kappa shape index (κ2) is 6.75. The zero-order chi connectivity index (χ0) is 16.2. The molecule has 0 aromatic heterocycles. The van der Waals surface area contributed by atoms with E-state index in [9.17, 15) is 13.2 Å². The number of benzene rings is 2. The van der Waals surface area contributed by atoms with Crippen LogP contribution in [0.2, 0.25) is 0 Å². The van der Waals surface area contributed by atoms with Crippen LogP contribution in [0.1, 0.15) is 28.8 Å². The minimum Gasteiger partial charge on any atom is -0.351 e. The fourth-order valence-corrected chi connectivity index (χ4v) is 3.10. The summed E-state index contributed by atoms with van der Waals surface area (Å²) in [5.74, 6) is -0.223. The quantitative estimate of drug-likeness (QED) is 0.922. The van der Waals surface area contributed by atoms with Gasteiger partial charge in [0.1, 0.15) is 0 Å². The summed E-state index contributed by atoms with van der Waals surface area (Å²) in [6, 6.07) is 16.1. The zero-order valence-corrected chi connectivity index (χ0v) is 13.4. The summed E-state index contributed by atoms with van der Waals surface area (Å²) in [4.78, 5) is 12.3. The van der Waals surface area contributed by atoms with Crippen molar-refractivity contribution in [2.75, 3.05) is 12.8 Å². The molecule has 0 radical (unpaired) electrons. The van der Waals surface area contributed by atoms with Crippen molar-refractivity contribution in [1.29, 1.82) is 0 Å². The molecule has 116 valence electrons. The number of nitrogens with one attached hydrogen (secondary N) is 1. The molecule has 0 fully saturated rings. The van der Waals surface area contributed by atoms with Crippen molar-refractivity contribution in [3.63, 3.8) is 0 Å². The number of hydrogen-bond donors (Lipinski definition) is 1. The molecule has 4 nitrogen and oxygen atoms in total. The number of amides is 1. The van der Waals surface area contributed by atoms with Gasteiger partial charge < -0.3 is 5.32 Å². The average Bonchev–Trinajstić information content (AvgIpc) is 2.52. The molecular weight excluding hydrogens is 298 g/mol. The molecule has 0 aliphatic rings. The Balaban J connectivity index is 2.11. The maximum absolute atomic E-state index is 12.3. The van der Waals surface area contributed by atoms with Crippen LogP contribution in [0.15, 0.2) is 59.5 Å². The first-order valence-electron chi connectivity index (χ1n) is 7.02. The van der Waals surface area contributed by atoms with Crippen LogP contribution in [0, 0.1) is 0 Å². The van der Waals surface area contributed by atoms with E-state index in [4.69, 9.17) is 0 Å². The first kappa shape index (κ1) is 16.2. The average molecular weight is 317 g/mol. The van der Waals surface area contributed by atoms with Gasteiger partial charge in [-0.15, -0.1) is 0 Å². The number of rotatable bonds is 5. The van der Waals surface area contributed by atoms with Gasteiger partial charge in [0.05, 0.1) is 10.5 Å². The van der Waals surface area contributed by atoms with E-state index in [1.165, 1.54) is 12.1 Å². The predicted molar refractivity (Wildman–Crippen MR) is 86.7 cm³/mol. The summed E-state index contributed by atoms with van der Waals surface area (Å²) in [5.41, 5.74) is 1.31. The van der Waals surface area contributed by atoms with Crippen LogP contribution in [-0.2, 0) is 9.84 Å². The second-order valence-electron chi connectivity index (χ2n) is 5.29. The highest BCUT2D eigenvalue weighted by Gasteiger charge is 2.18. The third-order valence-corrected chi connectivity index (χ3v) is 4.62. The fraction of sp³-hybridized carbons (Fsp3) is 0.235. The lowest BCUT2D eigenvalue weighted by molar-refractivity contribution is 0.0948. The number of carbonyl (C=O) groups is 1. The maximum Gasteiger partial charge on any atom is 0.252 e. The maximum atomic E-state index is 12.3. The van der Waals surface area contributed by atoms with Crippen LogP contribution >= 0.6 is 0 Å². The van der Waals surface area contributed by atoms with Crippen molar-refractivity contribution in [3.8, 4) is 0 Å². The van der Waals surface area contributed by atoms with E-state index in [1.54, 1.807) is 12.1 Å². The molecule has 2 rings (SSSR count). The van der Waals surface area contributed by atoms with Crippen LogP contribution in [0.4, 0.5) is 0 Å². The van der Waals surface area contributed by atoms with Crippen molar-refractivity contribution in [2.45, 2.75) is 17.7 Å². The van der Waals surface area contributed by atoms with Gasteiger partial charge >= 0.3 is 0 Å². The predicted octanol–water partition coefficient (Wildman–Crippen LogP) is 2.62. The third-order valence-electron chi connectivity index (χ3n) is 3.47. The highest BCUT2D eigenvalue weighted by Crippen LogP contribution is 2.16. The summed E-state index contributed by atoms with van der Waals surface area (Å²) in [6.07, 6.45) is 1.10. The van der Waals surface area contributed by atoms with Crippen LogP contribution in [-0.4, -0.2) is 27.1 Å². The Morgan fingerprint density at radius 1 is 1.05 bits per heavy atom. The molecule has 0 saturated heterocycles. The molecule has 0 saturated carbocycles. The van der Waals surface area contributed by atoms with Crippen molar-refractivity contribution in [2.24, 2.45) is 0 Å². The van der Waals surface area contributed by atoms with Gasteiger partial charge in [0.2, 0.25) is 0 Å². The van der Waals surface area contributed by atoms with Crippen molar-refractivity contribution < 1.29 is 13.2 Å². The lowest BCUT2D eigenvalue weighted by atomic mass is 10.0. The van der Waals surface area contributed by atoms with Crippen LogP contribution < -0.4 is 5.32 Å². The molecular formula is C17H19NO3S. The van der Waals surface area contributed by atoms with Crippen molar-refractivity contribution in [3.05, 3.63) is 65.7 Å². The Hall–Kier alpha value is -2.14. The summed E-state index contributed by atoms with van der Waals surface area (Å²) in [7, 11) is -3.43. The topological polar surface area (TPSA) is 63.2 Å². The standard InChI is InChI=1S/C17H19NO3S/c1-13(14-8-4-3-5-9-14)12-18-17(19)15-10-6-7-11-16(15)22(2,20)21/h3-11,13H,12H2,1-2H3,(H,18,19)/t13-/m0/s1. The Labute approximate surface area is 131 Å². The highest BCUT2D eigenvalue weighted by atomic mass is 32.2. The smallest absolute Gasteiger partial charge is 0.252 e. The normalized spacial score (nSPS) is 12.6. The van der Waals surface area contributed by atoms with E-state index in [-0.39, 0.29) is 22.3 Å². The second-order valence-corrected chi connectivity index (χ2v) is 7.27. The van der Waals surface area contributed by atoms with Gasteiger partial charge in [0, 0.05) is 12.8 Å². The van der Waals surface area contributed by atoms with Gasteiger partial charge in [-0.1, -0.05) is 49.4 Å².